The first-order valence-electron chi connectivity index (χ1n) is 3.31. The van der Waals surface area contributed by atoms with Gasteiger partial charge in [0.15, 0.2) is 0 Å². The van der Waals surface area contributed by atoms with Gasteiger partial charge in [0.25, 0.3) is 0 Å². The Morgan fingerprint density at radius 1 is 1.55 bits per heavy atom. The summed E-state index contributed by atoms with van der Waals surface area (Å²) < 4.78 is 0. The highest BCUT2D eigenvalue weighted by Gasteiger charge is 1.96. The lowest BCUT2D eigenvalue weighted by Gasteiger charge is -2.02. The van der Waals surface area contributed by atoms with Crippen LogP contribution in [0.4, 0.5) is 5.69 Å². The third-order valence-corrected chi connectivity index (χ3v) is 1.82. The molecule has 0 aliphatic rings. The van der Waals surface area contributed by atoms with Crippen molar-refractivity contribution in [1.82, 2.24) is 5.32 Å². The molecule has 0 saturated heterocycles. The number of benzene rings is 1. The lowest BCUT2D eigenvalue weighted by atomic mass is 10.2. The number of hydrogen-bond acceptors (Lipinski definition) is 2. The van der Waals surface area contributed by atoms with E-state index in [0.29, 0.717) is 0 Å². The standard InChI is InChI=1S/C8H10N2S/c1-10-8(11)6-3-2-4-7(9)5-6/h2-5H,9H2,1H3,(H,10,11). The molecule has 0 atom stereocenters. The fraction of sp³-hybridized carbons (Fsp3) is 0.125. The molecule has 1 aromatic carbocycles. The van der Waals surface area contributed by atoms with E-state index in [9.17, 15) is 0 Å². The van der Waals surface area contributed by atoms with Crippen LogP contribution in [-0.4, -0.2) is 12.0 Å². The molecule has 0 unspecified atom stereocenters. The molecule has 58 valence electrons. The minimum Gasteiger partial charge on any atom is -0.399 e. The van der Waals surface area contributed by atoms with Gasteiger partial charge in [0.2, 0.25) is 0 Å². The van der Waals surface area contributed by atoms with Crippen LogP contribution in [0.3, 0.4) is 0 Å². The van der Waals surface area contributed by atoms with Crippen molar-refractivity contribution in [2.75, 3.05) is 12.8 Å². The molecular formula is C8H10N2S. The van der Waals surface area contributed by atoms with Gasteiger partial charge in [-0.15, -0.1) is 0 Å². The predicted octanol–water partition coefficient (Wildman–Crippen LogP) is 1.16. The number of rotatable bonds is 1. The number of nitrogens with two attached hydrogens (primary N) is 1. The van der Waals surface area contributed by atoms with Crippen molar-refractivity contribution in [1.29, 1.82) is 0 Å². The summed E-state index contributed by atoms with van der Waals surface area (Å²) in [6, 6.07) is 7.49. The monoisotopic (exact) mass is 166 g/mol. The number of thiocarbonyl (C=S) groups is 1. The summed E-state index contributed by atoms with van der Waals surface area (Å²) in [5.74, 6) is 0. The molecule has 0 heterocycles. The van der Waals surface area contributed by atoms with Crippen LogP contribution in [0.25, 0.3) is 0 Å². The lowest BCUT2D eigenvalue weighted by molar-refractivity contribution is 1.20. The highest BCUT2D eigenvalue weighted by atomic mass is 32.1. The normalized spacial score (nSPS) is 9.18. The summed E-state index contributed by atoms with van der Waals surface area (Å²) >= 11 is 5.01. The summed E-state index contributed by atoms with van der Waals surface area (Å²) in [6.07, 6.45) is 0. The predicted molar refractivity (Wildman–Crippen MR) is 51.6 cm³/mol. The van der Waals surface area contributed by atoms with Gasteiger partial charge < -0.3 is 11.1 Å². The number of nitrogens with one attached hydrogen (secondary N) is 1. The molecule has 1 rings (SSSR count). The molecule has 1 aromatic rings. The van der Waals surface area contributed by atoms with Crippen LogP contribution in [0.15, 0.2) is 24.3 Å². The zero-order valence-electron chi connectivity index (χ0n) is 6.29. The fourth-order valence-electron chi connectivity index (χ4n) is 0.824. The van der Waals surface area contributed by atoms with Gasteiger partial charge in [-0.2, -0.15) is 0 Å². The minimum absolute atomic E-state index is 0.720. The van der Waals surface area contributed by atoms with E-state index in [0.717, 1.165) is 16.2 Å². The van der Waals surface area contributed by atoms with Gasteiger partial charge in [-0.05, 0) is 12.1 Å². The minimum atomic E-state index is 0.720. The second kappa shape index (κ2) is 3.34. The topological polar surface area (TPSA) is 38.0 Å². The van der Waals surface area contributed by atoms with Crippen LogP contribution in [0.5, 0.6) is 0 Å². The summed E-state index contributed by atoms with van der Waals surface area (Å²) in [4.78, 5) is 0.720. The Labute approximate surface area is 71.4 Å². The average molecular weight is 166 g/mol. The number of hydrogen-bond donors (Lipinski definition) is 2. The van der Waals surface area contributed by atoms with Crippen LogP contribution in [0.2, 0.25) is 0 Å². The van der Waals surface area contributed by atoms with E-state index in [1.165, 1.54) is 0 Å². The van der Waals surface area contributed by atoms with Gasteiger partial charge in [-0.25, -0.2) is 0 Å². The highest BCUT2D eigenvalue weighted by Crippen LogP contribution is 2.06. The fourth-order valence-corrected chi connectivity index (χ4v) is 0.951. The summed E-state index contributed by atoms with van der Waals surface area (Å²) in [5.41, 5.74) is 7.26. The molecular weight excluding hydrogens is 156 g/mol. The molecule has 0 amide bonds. The van der Waals surface area contributed by atoms with Crippen LogP contribution >= 0.6 is 12.2 Å². The van der Waals surface area contributed by atoms with Gasteiger partial charge in [0, 0.05) is 18.3 Å². The van der Waals surface area contributed by atoms with E-state index < -0.39 is 0 Å². The molecule has 0 aromatic heterocycles. The van der Waals surface area contributed by atoms with Gasteiger partial charge in [-0.1, -0.05) is 24.4 Å². The van der Waals surface area contributed by atoms with Crippen LogP contribution in [0, 0.1) is 0 Å². The van der Waals surface area contributed by atoms with Crippen molar-refractivity contribution in [3.05, 3.63) is 29.8 Å². The van der Waals surface area contributed by atoms with Gasteiger partial charge >= 0.3 is 0 Å². The van der Waals surface area contributed by atoms with Crippen molar-refractivity contribution < 1.29 is 0 Å². The Morgan fingerprint density at radius 3 is 2.82 bits per heavy atom. The molecule has 0 bridgehead atoms. The maximum atomic E-state index is 5.56. The van der Waals surface area contributed by atoms with Gasteiger partial charge in [-0.3, -0.25) is 0 Å². The average Bonchev–Trinajstić information content (AvgIpc) is 2.03. The van der Waals surface area contributed by atoms with Crippen molar-refractivity contribution >= 4 is 22.9 Å². The van der Waals surface area contributed by atoms with E-state index in [1.54, 1.807) is 7.05 Å². The first kappa shape index (κ1) is 8.01. The summed E-state index contributed by atoms with van der Waals surface area (Å²) in [7, 11) is 1.80. The first-order chi connectivity index (χ1) is 5.24. The highest BCUT2D eigenvalue weighted by molar-refractivity contribution is 7.80. The maximum Gasteiger partial charge on any atom is 0.106 e. The molecule has 0 radical (unpaired) electrons. The Balaban J connectivity index is 2.96. The van der Waals surface area contributed by atoms with E-state index in [1.807, 2.05) is 24.3 Å². The van der Waals surface area contributed by atoms with Crippen molar-refractivity contribution in [2.24, 2.45) is 0 Å². The quantitative estimate of drug-likeness (QED) is 0.486. The Bertz CT molecular complexity index is 271. The zero-order valence-corrected chi connectivity index (χ0v) is 7.11. The molecule has 0 fully saturated rings. The first-order valence-corrected chi connectivity index (χ1v) is 3.72. The summed E-state index contributed by atoms with van der Waals surface area (Å²) in [5, 5.41) is 2.88. The third-order valence-electron chi connectivity index (χ3n) is 1.38. The number of nitrogen functional groups attached to an aromatic ring is 1. The van der Waals surface area contributed by atoms with Crippen LogP contribution in [-0.2, 0) is 0 Å². The van der Waals surface area contributed by atoms with Crippen molar-refractivity contribution in [3.63, 3.8) is 0 Å². The maximum absolute atomic E-state index is 5.56. The molecule has 11 heavy (non-hydrogen) atoms. The van der Waals surface area contributed by atoms with E-state index >= 15 is 0 Å². The van der Waals surface area contributed by atoms with Gasteiger partial charge in [0.05, 0.1) is 0 Å². The number of anilines is 1. The summed E-state index contributed by atoms with van der Waals surface area (Å²) in [6.45, 7) is 0. The molecule has 2 nitrogen and oxygen atoms in total. The Hall–Kier alpha value is -1.09. The van der Waals surface area contributed by atoms with E-state index in [4.69, 9.17) is 18.0 Å². The van der Waals surface area contributed by atoms with Gasteiger partial charge in [0.1, 0.15) is 4.99 Å². The zero-order chi connectivity index (χ0) is 8.27. The molecule has 3 N–H and O–H groups in total. The lowest BCUT2D eigenvalue weighted by Crippen LogP contribution is -2.16. The largest absolute Gasteiger partial charge is 0.399 e. The molecule has 0 aliphatic carbocycles. The third kappa shape index (κ3) is 1.91. The van der Waals surface area contributed by atoms with Crippen molar-refractivity contribution in [3.8, 4) is 0 Å². The molecule has 0 aliphatic heterocycles. The second-order valence-electron chi connectivity index (χ2n) is 2.20. The van der Waals surface area contributed by atoms with E-state index in [-0.39, 0.29) is 0 Å². The Morgan fingerprint density at radius 2 is 2.27 bits per heavy atom. The van der Waals surface area contributed by atoms with Crippen LogP contribution < -0.4 is 11.1 Å². The molecule has 0 saturated carbocycles. The molecule has 3 heteroatoms. The van der Waals surface area contributed by atoms with E-state index in [2.05, 4.69) is 5.32 Å². The van der Waals surface area contributed by atoms with Crippen molar-refractivity contribution in [2.45, 2.75) is 0 Å². The second-order valence-corrected chi connectivity index (χ2v) is 2.61. The Kier molecular flexibility index (Phi) is 2.44. The molecule has 0 spiro atoms. The SMILES string of the molecule is CNC(=S)c1cccc(N)c1. The smallest absolute Gasteiger partial charge is 0.106 e. The van der Waals surface area contributed by atoms with Crippen LogP contribution in [0.1, 0.15) is 5.56 Å².